The zero-order valence-corrected chi connectivity index (χ0v) is 9.85. The summed E-state index contributed by atoms with van der Waals surface area (Å²) in [7, 11) is 0. The fourth-order valence-electron chi connectivity index (χ4n) is 1.18. The summed E-state index contributed by atoms with van der Waals surface area (Å²) >= 11 is 5.62. The summed E-state index contributed by atoms with van der Waals surface area (Å²) in [6.45, 7) is 4.44. The molecule has 0 N–H and O–H groups in total. The number of nitrogens with zero attached hydrogens (tertiary/aromatic N) is 5. The number of alkyl halides is 1. The molecule has 16 heavy (non-hydrogen) atoms. The third-order valence-corrected chi connectivity index (χ3v) is 2.29. The van der Waals surface area contributed by atoms with Crippen LogP contribution in [-0.2, 0) is 12.4 Å². The van der Waals surface area contributed by atoms with Gasteiger partial charge in [0.25, 0.3) is 0 Å². The molecule has 0 spiro atoms. The Morgan fingerprint density at radius 3 is 2.88 bits per heavy atom. The van der Waals surface area contributed by atoms with E-state index in [1.807, 2.05) is 13.8 Å². The lowest BCUT2D eigenvalue weighted by Gasteiger charge is -1.93. The summed E-state index contributed by atoms with van der Waals surface area (Å²) < 4.78 is 6.71. The summed E-state index contributed by atoms with van der Waals surface area (Å²) in [5, 5.41) is 11.6. The Balaban J connectivity index is 2.08. The molecule has 6 nitrogen and oxygen atoms in total. The molecule has 2 rings (SSSR count). The van der Waals surface area contributed by atoms with Gasteiger partial charge in [0, 0.05) is 5.92 Å². The van der Waals surface area contributed by atoms with Crippen molar-refractivity contribution < 1.29 is 4.52 Å². The van der Waals surface area contributed by atoms with Gasteiger partial charge in [0.1, 0.15) is 6.54 Å². The standard InChI is InChI=1S/C9H12ClN5O/c1-6(2)9-11-8(16-13-9)5-15-4-7(3-10)12-14-15/h4,6H,3,5H2,1-2H3. The first-order chi connectivity index (χ1) is 7.69. The van der Waals surface area contributed by atoms with E-state index in [0.29, 0.717) is 24.1 Å². The quantitative estimate of drug-likeness (QED) is 0.760. The molecule has 7 heteroatoms. The fourth-order valence-corrected chi connectivity index (χ4v) is 1.30. The van der Waals surface area contributed by atoms with Crippen LogP contribution in [0.2, 0.25) is 0 Å². The molecule has 0 aliphatic rings. The van der Waals surface area contributed by atoms with Crippen LogP contribution in [0.1, 0.15) is 37.2 Å². The predicted molar refractivity (Wildman–Crippen MR) is 57.1 cm³/mol. The maximum atomic E-state index is 5.62. The van der Waals surface area contributed by atoms with Gasteiger partial charge in [-0.1, -0.05) is 24.2 Å². The van der Waals surface area contributed by atoms with E-state index >= 15 is 0 Å². The predicted octanol–water partition coefficient (Wildman–Crippen LogP) is 1.57. The van der Waals surface area contributed by atoms with Gasteiger partial charge >= 0.3 is 0 Å². The Bertz CT molecular complexity index is 464. The van der Waals surface area contributed by atoms with Gasteiger partial charge in [-0.3, -0.25) is 0 Å². The van der Waals surface area contributed by atoms with Crippen LogP contribution in [0, 0.1) is 0 Å². The van der Waals surface area contributed by atoms with Crippen molar-refractivity contribution in [2.45, 2.75) is 32.2 Å². The van der Waals surface area contributed by atoms with Gasteiger partial charge in [0.2, 0.25) is 5.89 Å². The lowest BCUT2D eigenvalue weighted by atomic mass is 10.2. The average molecular weight is 242 g/mol. The number of aromatic nitrogens is 5. The van der Waals surface area contributed by atoms with Crippen LogP contribution in [0.5, 0.6) is 0 Å². The molecule has 2 heterocycles. The SMILES string of the molecule is CC(C)c1noc(Cn2cc(CCl)nn2)n1. The highest BCUT2D eigenvalue weighted by molar-refractivity contribution is 6.16. The Labute approximate surface area is 97.6 Å². The largest absolute Gasteiger partial charge is 0.337 e. The summed E-state index contributed by atoms with van der Waals surface area (Å²) in [4.78, 5) is 4.24. The fraction of sp³-hybridized carbons (Fsp3) is 0.556. The molecule has 0 saturated heterocycles. The van der Waals surface area contributed by atoms with Gasteiger partial charge in [-0.05, 0) is 0 Å². The molecule has 86 valence electrons. The molecule has 0 unspecified atom stereocenters. The van der Waals surface area contributed by atoms with Crippen molar-refractivity contribution in [1.29, 1.82) is 0 Å². The topological polar surface area (TPSA) is 69.6 Å². The molecule has 2 aromatic rings. The molecular formula is C9H12ClN5O. The molecule has 0 amide bonds. The van der Waals surface area contributed by atoms with E-state index in [1.54, 1.807) is 10.9 Å². The summed E-state index contributed by atoms with van der Waals surface area (Å²) in [6, 6.07) is 0. The zero-order chi connectivity index (χ0) is 11.5. The summed E-state index contributed by atoms with van der Waals surface area (Å²) in [5.41, 5.74) is 0.727. The zero-order valence-electron chi connectivity index (χ0n) is 9.09. The minimum absolute atomic E-state index is 0.256. The first kappa shape index (κ1) is 11.1. The van der Waals surface area contributed by atoms with Crippen molar-refractivity contribution >= 4 is 11.6 Å². The molecule has 0 atom stereocenters. The maximum absolute atomic E-state index is 5.62. The van der Waals surface area contributed by atoms with E-state index in [0.717, 1.165) is 5.69 Å². The lowest BCUT2D eigenvalue weighted by Crippen LogP contribution is -2.01. The van der Waals surface area contributed by atoms with Gasteiger partial charge < -0.3 is 4.52 Å². The number of halogens is 1. The van der Waals surface area contributed by atoms with E-state index in [-0.39, 0.29) is 5.92 Å². The van der Waals surface area contributed by atoms with E-state index in [2.05, 4.69) is 20.5 Å². The van der Waals surface area contributed by atoms with Gasteiger partial charge in [-0.15, -0.1) is 16.7 Å². The van der Waals surface area contributed by atoms with Crippen molar-refractivity contribution in [2.24, 2.45) is 0 Å². The second-order valence-corrected chi connectivity index (χ2v) is 4.01. The molecule has 0 saturated carbocycles. The van der Waals surface area contributed by atoms with Gasteiger partial charge in [-0.25, -0.2) is 4.68 Å². The number of hydrogen-bond donors (Lipinski definition) is 0. The Morgan fingerprint density at radius 2 is 2.31 bits per heavy atom. The Kier molecular flexibility index (Phi) is 3.19. The van der Waals surface area contributed by atoms with Crippen molar-refractivity contribution in [2.75, 3.05) is 0 Å². The van der Waals surface area contributed by atoms with Crippen molar-refractivity contribution in [3.05, 3.63) is 23.6 Å². The van der Waals surface area contributed by atoms with Gasteiger partial charge in [0.05, 0.1) is 17.8 Å². The van der Waals surface area contributed by atoms with Crippen molar-refractivity contribution in [3.8, 4) is 0 Å². The monoisotopic (exact) mass is 241 g/mol. The smallest absolute Gasteiger partial charge is 0.248 e. The van der Waals surface area contributed by atoms with Crippen molar-refractivity contribution in [3.63, 3.8) is 0 Å². The minimum Gasteiger partial charge on any atom is -0.337 e. The number of hydrogen-bond acceptors (Lipinski definition) is 5. The van der Waals surface area contributed by atoms with Crippen LogP contribution in [0.25, 0.3) is 0 Å². The molecule has 0 aromatic carbocycles. The van der Waals surface area contributed by atoms with Crippen molar-refractivity contribution in [1.82, 2.24) is 25.1 Å². The third kappa shape index (κ3) is 2.38. The minimum atomic E-state index is 0.256. The lowest BCUT2D eigenvalue weighted by molar-refractivity contribution is 0.358. The van der Waals surface area contributed by atoms with Crippen LogP contribution in [0.3, 0.4) is 0 Å². The Morgan fingerprint density at radius 1 is 1.50 bits per heavy atom. The summed E-state index contributed by atoms with van der Waals surface area (Å²) in [5.74, 6) is 1.83. The maximum Gasteiger partial charge on any atom is 0.248 e. The van der Waals surface area contributed by atoms with Crippen LogP contribution < -0.4 is 0 Å². The van der Waals surface area contributed by atoms with E-state index < -0.39 is 0 Å². The molecular weight excluding hydrogens is 230 g/mol. The van der Waals surface area contributed by atoms with Crippen LogP contribution in [0.15, 0.2) is 10.7 Å². The highest BCUT2D eigenvalue weighted by Gasteiger charge is 2.10. The highest BCUT2D eigenvalue weighted by Crippen LogP contribution is 2.10. The summed E-state index contributed by atoms with van der Waals surface area (Å²) in [6.07, 6.45) is 1.76. The first-order valence-corrected chi connectivity index (χ1v) is 5.50. The second kappa shape index (κ2) is 4.61. The third-order valence-electron chi connectivity index (χ3n) is 2.02. The van der Waals surface area contributed by atoms with Crippen LogP contribution in [0.4, 0.5) is 0 Å². The molecule has 2 aromatic heterocycles. The molecule has 0 bridgehead atoms. The van der Waals surface area contributed by atoms with E-state index in [4.69, 9.17) is 16.1 Å². The molecule has 0 radical (unpaired) electrons. The molecule has 0 fully saturated rings. The molecule has 0 aliphatic heterocycles. The van der Waals surface area contributed by atoms with Gasteiger partial charge in [-0.2, -0.15) is 4.98 Å². The normalized spacial score (nSPS) is 11.2. The Hall–Kier alpha value is -1.43. The van der Waals surface area contributed by atoms with Crippen LogP contribution >= 0.6 is 11.6 Å². The van der Waals surface area contributed by atoms with E-state index in [9.17, 15) is 0 Å². The highest BCUT2D eigenvalue weighted by atomic mass is 35.5. The van der Waals surface area contributed by atoms with Crippen LogP contribution in [-0.4, -0.2) is 25.1 Å². The first-order valence-electron chi connectivity index (χ1n) is 4.96. The van der Waals surface area contributed by atoms with E-state index in [1.165, 1.54) is 0 Å². The second-order valence-electron chi connectivity index (χ2n) is 3.74. The molecule has 0 aliphatic carbocycles. The number of rotatable bonds is 4. The van der Waals surface area contributed by atoms with Gasteiger partial charge in [0.15, 0.2) is 5.82 Å². The average Bonchev–Trinajstić information content (AvgIpc) is 2.87.